The summed E-state index contributed by atoms with van der Waals surface area (Å²) < 4.78 is 0. The van der Waals surface area contributed by atoms with Gasteiger partial charge in [0.2, 0.25) is 0 Å². The minimum Gasteiger partial charge on any atom is -0.330 e. The van der Waals surface area contributed by atoms with Crippen LogP contribution in [-0.4, -0.2) is 6.54 Å². The molecule has 0 spiro atoms. The van der Waals surface area contributed by atoms with Crippen LogP contribution in [-0.2, 0) is 0 Å². The normalized spacial score (nSPS) is 40.5. The van der Waals surface area contributed by atoms with Crippen molar-refractivity contribution in [1.29, 1.82) is 0 Å². The maximum absolute atomic E-state index is 5.64. The van der Waals surface area contributed by atoms with Crippen LogP contribution in [0.25, 0.3) is 0 Å². The number of rotatable bonds is 2. The van der Waals surface area contributed by atoms with E-state index in [0.717, 1.165) is 24.3 Å². The summed E-state index contributed by atoms with van der Waals surface area (Å²) in [6, 6.07) is 0. The Hall–Kier alpha value is -0.0400. The second-order valence-corrected chi connectivity index (χ2v) is 3.93. The van der Waals surface area contributed by atoms with Crippen molar-refractivity contribution >= 4 is 0 Å². The Bertz CT molecular complexity index is 108. The molecule has 10 heavy (non-hydrogen) atoms. The van der Waals surface area contributed by atoms with Gasteiger partial charge in [0.25, 0.3) is 0 Å². The largest absolute Gasteiger partial charge is 0.330 e. The van der Waals surface area contributed by atoms with Crippen molar-refractivity contribution in [2.45, 2.75) is 32.1 Å². The summed E-state index contributed by atoms with van der Waals surface area (Å²) in [5.74, 6) is 3.03. The molecule has 0 aromatic carbocycles. The molecule has 2 rings (SSSR count). The van der Waals surface area contributed by atoms with Crippen LogP contribution >= 0.6 is 0 Å². The van der Waals surface area contributed by atoms with Crippen molar-refractivity contribution in [3.05, 3.63) is 0 Å². The standard InChI is InChI=1S/C9H17N/c10-6-8-4-5-9(8)7-2-1-3-7/h7-9H,1-6,10H2. The molecule has 2 unspecified atom stereocenters. The molecular formula is C9H17N. The van der Waals surface area contributed by atoms with E-state index in [-0.39, 0.29) is 0 Å². The first-order valence-electron chi connectivity index (χ1n) is 4.62. The fraction of sp³-hybridized carbons (Fsp3) is 1.00. The zero-order valence-electron chi connectivity index (χ0n) is 6.55. The minimum atomic E-state index is 0.908. The molecule has 2 N–H and O–H groups in total. The average Bonchev–Trinajstić information content (AvgIpc) is 1.77. The van der Waals surface area contributed by atoms with E-state index in [4.69, 9.17) is 5.73 Å². The summed E-state index contributed by atoms with van der Waals surface area (Å²) in [5, 5.41) is 0. The highest BCUT2D eigenvalue weighted by atomic mass is 14.6. The first-order valence-corrected chi connectivity index (χ1v) is 4.62. The van der Waals surface area contributed by atoms with E-state index in [2.05, 4.69) is 0 Å². The molecule has 0 saturated heterocycles. The molecule has 0 bridgehead atoms. The third-order valence-corrected chi connectivity index (χ3v) is 3.53. The summed E-state index contributed by atoms with van der Waals surface area (Å²) in [4.78, 5) is 0. The van der Waals surface area contributed by atoms with Crippen LogP contribution in [0.5, 0.6) is 0 Å². The Labute approximate surface area is 63.0 Å². The van der Waals surface area contributed by atoms with Crippen LogP contribution in [0.2, 0.25) is 0 Å². The molecule has 2 atom stereocenters. The van der Waals surface area contributed by atoms with Gasteiger partial charge in [0, 0.05) is 0 Å². The zero-order chi connectivity index (χ0) is 6.97. The molecule has 2 fully saturated rings. The lowest BCUT2D eigenvalue weighted by molar-refractivity contribution is 0.0613. The second-order valence-electron chi connectivity index (χ2n) is 3.93. The molecular weight excluding hydrogens is 122 g/mol. The maximum Gasteiger partial charge on any atom is -0.00461 e. The highest BCUT2D eigenvalue weighted by Gasteiger charge is 2.38. The molecule has 2 aliphatic carbocycles. The van der Waals surface area contributed by atoms with Crippen LogP contribution < -0.4 is 5.73 Å². The van der Waals surface area contributed by atoms with Crippen molar-refractivity contribution in [3.63, 3.8) is 0 Å². The predicted molar refractivity (Wildman–Crippen MR) is 42.6 cm³/mol. The van der Waals surface area contributed by atoms with E-state index in [9.17, 15) is 0 Å². The van der Waals surface area contributed by atoms with Crippen molar-refractivity contribution < 1.29 is 0 Å². The molecule has 58 valence electrons. The number of hydrogen-bond donors (Lipinski definition) is 1. The van der Waals surface area contributed by atoms with Gasteiger partial charge in [0.05, 0.1) is 0 Å². The zero-order valence-corrected chi connectivity index (χ0v) is 6.55. The van der Waals surface area contributed by atoms with E-state index in [0.29, 0.717) is 0 Å². The Balaban J connectivity index is 1.81. The fourth-order valence-electron chi connectivity index (χ4n) is 2.38. The van der Waals surface area contributed by atoms with E-state index in [1.54, 1.807) is 0 Å². The third kappa shape index (κ3) is 0.878. The number of hydrogen-bond acceptors (Lipinski definition) is 1. The molecule has 2 aliphatic rings. The Morgan fingerprint density at radius 2 is 1.90 bits per heavy atom. The summed E-state index contributed by atoms with van der Waals surface area (Å²) in [7, 11) is 0. The highest BCUT2D eigenvalue weighted by Crippen LogP contribution is 2.46. The fourth-order valence-corrected chi connectivity index (χ4v) is 2.38. The lowest BCUT2D eigenvalue weighted by Crippen LogP contribution is -2.39. The first-order chi connectivity index (χ1) is 4.92. The lowest BCUT2D eigenvalue weighted by atomic mass is 9.61. The van der Waals surface area contributed by atoms with Gasteiger partial charge < -0.3 is 5.73 Å². The van der Waals surface area contributed by atoms with E-state index in [1.165, 1.54) is 32.1 Å². The summed E-state index contributed by atoms with van der Waals surface area (Å²) in [5.41, 5.74) is 5.64. The molecule has 1 heteroatoms. The molecule has 0 aliphatic heterocycles. The van der Waals surface area contributed by atoms with Crippen LogP contribution in [0.3, 0.4) is 0 Å². The minimum absolute atomic E-state index is 0.908. The van der Waals surface area contributed by atoms with Gasteiger partial charge in [-0.05, 0) is 37.1 Å². The van der Waals surface area contributed by atoms with Crippen LogP contribution in [0.15, 0.2) is 0 Å². The van der Waals surface area contributed by atoms with E-state index < -0.39 is 0 Å². The van der Waals surface area contributed by atoms with Crippen molar-refractivity contribution in [2.75, 3.05) is 6.54 Å². The third-order valence-electron chi connectivity index (χ3n) is 3.53. The topological polar surface area (TPSA) is 26.0 Å². The summed E-state index contributed by atoms with van der Waals surface area (Å²) in [6.45, 7) is 0.946. The van der Waals surface area contributed by atoms with Gasteiger partial charge in [0.1, 0.15) is 0 Å². The van der Waals surface area contributed by atoms with Gasteiger partial charge in [-0.1, -0.05) is 19.3 Å². The molecule has 0 radical (unpaired) electrons. The Kier molecular flexibility index (Phi) is 1.69. The van der Waals surface area contributed by atoms with Gasteiger partial charge in [-0.15, -0.1) is 0 Å². The van der Waals surface area contributed by atoms with Gasteiger partial charge >= 0.3 is 0 Å². The van der Waals surface area contributed by atoms with Crippen LogP contribution in [0.1, 0.15) is 32.1 Å². The SMILES string of the molecule is NCC1CCC1C1CCC1. The van der Waals surface area contributed by atoms with E-state index in [1.807, 2.05) is 0 Å². The predicted octanol–water partition coefficient (Wildman–Crippen LogP) is 1.77. The Morgan fingerprint density at radius 1 is 1.10 bits per heavy atom. The highest BCUT2D eigenvalue weighted by molar-refractivity contribution is 4.89. The van der Waals surface area contributed by atoms with Crippen LogP contribution in [0, 0.1) is 17.8 Å². The molecule has 0 amide bonds. The smallest absolute Gasteiger partial charge is 0.00461 e. The average molecular weight is 139 g/mol. The monoisotopic (exact) mass is 139 g/mol. The number of nitrogens with two attached hydrogens (primary N) is 1. The van der Waals surface area contributed by atoms with E-state index >= 15 is 0 Å². The molecule has 0 aromatic heterocycles. The van der Waals surface area contributed by atoms with Crippen molar-refractivity contribution in [3.8, 4) is 0 Å². The van der Waals surface area contributed by atoms with Crippen LogP contribution in [0.4, 0.5) is 0 Å². The summed E-state index contributed by atoms with van der Waals surface area (Å²) >= 11 is 0. The van der Waals surface area contributed by atoms with Crippen molar-refractivity contribution in [2.24, 2.45) is 23.5 Å². The second kappa shape index (κ2) is 2.54. The molecule has 2 saturated carbocycles. The quantitative estimate of drug-likeness (QED) is 0.620. The van der Waals surface area contributed by atoms with Gasteiger partial charge in [-0.25, -0.2) is 0 Å². The van der Waals surface area contributed by atoms with Gasteiger partial charge in [0.15, 0.2) is 0 Å². The molecule has 1 nitrogen and oxygen atoms in total. The Morgan fingerprint density at radius 3 is 2.20 bits per heavy atom. The maximum atomic E-state index is 5.64. The summed E-state index contributed by atoms with van der Waals surface area (Å²) in [6.07, 6.45) is 7.38. The van der Waals surface area contributed by atoms with Gasteiger partial charge in [-0.2, -0.15) is 0 Å². The lowest BCUT2D eigenvalue weighted by Gasteiger charge is -2.45. The van der Waals surface area contributed by atoms with Gasteiger partial charge in [-0.3, -0.25) is 0 Å². The molecule has 0 aromatic rings. The first kappa shape index (κ1) is 6.66. The van der Waals surface area contributed by atoms with Crippen molar-refractivity contribution in [1.82, 2.24) is 0 Å². The molecule has 0 heterocycles.